The molecule has 0 N–H and O–H groups in total. The summed E-state index contributed by atoms with van der Waals surface area (Å²) in [6, 6.07) is 9.67. The van der Waals surface area contributed by atoms with Gasteiger partial charge in [-0.15, -0.1) is 0 Å². The number of hydrogen-bond donors (Lipinski definition) is 0. The standard InChI is InChI=1S/C24H28O10/c1-27-23(25)17-11-19-15-20(12-17)32-8-4-30-6-10-34-22-14-18(24(26)28-2)13-21(16-22)33-9-5-29-3-7-31-19/h11-16H,3-10H2,1-2H3. The minimum absolute atomic E-state index is 0.253. The Balaban J connectivity index is 1.66. The maximum atomic E-state index is 12.0. The minimum atomic E-state index is -0.495. The van der Waals surface area contributed by atoms with Gasteiger partial charge in [-0.25, -0.2) is 9.59 Å². The van der Waals surface area contributed by atoms with E-state index in [-0.39, 0.29) is 26.4 Å². The maximum Gasteiger partial charge on any atom is 0.338 e. The van der Waals surface area contributed by atoms with Crippen LogP contribution in [0.25, 0.3) is 0 Å². The van der Waals surface area contributed by atoms with Crippen LogP contribution in [0.5, 0.6) is 23.0 Å². The molecular formula is C24H28O10. The second-order valence-electron chi connectivity index (χ2n) is 6.99. The van der Waals surface area contributed by atoms with E-state index in [0.29, 0.717) is 60.6 Å². The summed E-state index contributed by atoms with van der Waals surface area (Å²) in [5, 5.41) is 0. The molecule has 0 aromatic heterocycles. The monoisotopic (exact) mass is 476 g/mol. The fourth-order valence-electron chi connectivity index (χ4n) is 3.03. The Kier molecular flexibility index (Phi) is 9.80. The van der Waals surface area contributed by atoms with Crippen molar-refractivity contribution in [2.24, 2.45) is 0 Å². The average Bonchev–Trinajstić information content (AvgIpc) is 2.85. The highest BCUT2D eigenvalue weighted by Gasteiger charge is 2.12. The van der Waals surface area contributed by atoms with E-state index in [4.69, 9.17) is 37.9 Å². The molecule has 4 bridgehead atoms. The zero-order chi connectivity index (χ0) is 24.2. The van der Waals surface area contributed by atoms with Crippen molar-refractivity contribution < 1.29 is 47.5 Å². The summed E-state index contributed by atoms with van der Waals surface area (Å²) < 4.78 is 43.5. The van der Waals surface area contributed by atoms with Crippen molar-refractivity contribution >= 4 is 11.9 Å². The molecule has 34 heavy (non-hydrogen) atoms. The van der Waals surface area contributed by atoms with E-state index in [2.05, 4.69) is 0 Å². The summed E-state index contributed by atoms with van der Waals surface area (Å²) in [6.45, 7) is 2.20. The highest BCUT2D eigenvalue weighted by atomic mass is 16.6. The smallest absolute Gasteiger partial charge is 0.338 e. The number of rotatable bonds is 2. The molecule has 10 nitrogen and oxygen atoms in total. The third kappa shape index (κ3) is 7.82. The molecule has 1 aliphatic heterocycles. The van der Waals surface area contributed by atoms with Gasteiger partial charge in [0.25, 0.3) is 0 Å². The van der Waals surface area contributed by atoms with Gasteiger partial charge in [0, 0.05) is 12.1 Å². The molecule has 0 radical (unpaired) electrons. The molecule has 0 atom stereocenters. The molecule has 1 heterocycles. The van der Waals surface area contributed by atoms with E-state index in [1.807, 2.05) is 0 Å². The van der Waals surface area contributed by atoms with Gasteiger partial charge in [0.15, 0.2) is 0 Å². The molecule has 0 fully saturated rings. The number of fused-ring (bicyclic) bond motifs is 4. The summed E-state index contributed by atoms with van der Waals surface area (Å²) in [7, 11) is 2.62. The van der Waals surface area contributed by atoms with Gasteiger partial charge in [0.1, 0.15) is 49.4 Å². The molecule has 0 unspecified atom stereocenters. The first-order chi connectivity index (χ1) is 16.6. The van der Waals surface area contributed by atoms with Crippen LogP contribution in [-0.2, 0) is 18.9 Å². The molecule has 0 saturated carbocycles. The Morgan fingerprint density at radius 1 is 0.529 bits per heavy atom. The Labute approximate surface area is 197 Å². The fraction of sp³-hybridized carbons (Fsp3) is 0.417. The van der Waals surface area contributed by atoms with Gasteiger partial charge in [-0.2, -0.15) is 0 Å². The second-order valence-corrected chi connectivity index (χ2v) is 6.99. The zero-order valence-corrected chi connectivity index (χ0v) is 19.2. The highest BCUT2D eigenvalue weighted by Crippen LogP contribution is 2.25. The van der Waals surface area contributed by atoms with Gasteiger partial charge in [-0.05, 0) is 24.3 Å². The van der Waals surface area contributed by atoms with Crippen LogP contribution in [0.1, 0.15) is 20.7 Å². The van der Waals surface area contributed by atoms with E-state index in [0.717, 1.165) is 0 Å². The highest BCUT2D eigenvalue weighted by molar-refractivity contribution is 5.90. The summed E-state index contributed by atoms with van der Waals surface area (Å²) >= 11 is 0. The van der Waals surface area contributed by atoms with Crippen LogP contribution in [-0.4, -0.2) is 79.0 Å². The van der Waals surface area contributed by atoms with Crippen LogP contribution in [0.2, 0.25) is 0 Å². The van der Waals surface area contributed by atoms with Crippen molar-refractivity contribution in [3.8, 4) is 23.0 Å². The maximum absolute atomic E-state index is 12.0. The normalized spacial score (nSPS) is 15.4. The largest absolute Gasteiger partial charge is 0.491 e. The summed E-state index contributed by atoms with van der Waals surface area (Å²) in [6.07, 6.45) is 0. The van der Waals surface area contributed by atoms with Gasteiger partial charge < -0.3 is 37.9 Å². The Bertz CT molecular complexity index is 829. The van der Waals surface area contributed by atoms with E-state index in [9.17, 15) is 9.59 Å². The predicted molar refractivity (Wildman–Crippen MR) is 119 cm³/mol. The molecule has 3 rings (SSSR count). The lowest BCUT2D eigenvalue weighted by molar-refractivity contribution is 0.0591. The van der Waals surface area contributed by atoms with Gasteiger partial charge in [0.2, 0.25) is 0 Å². The Hall–Kier alpha value is -3.50. The van der Waals surface area contributed by atoms with Crippen LogP contribution >= 0.6 is 0 Å². The van der Waals surface area contributed by atoms with Crippen LogP contribution < -0.4 is 18.9 Å². The molecule has 2 aromatic rings. The number of hydrogen-bond acceptors (Lipinski definition) is 10. The van der Waals surface area contributed by atoms with Crippen molar-refractivity contribution in [2.75, 3.05) is 67.1 Å². The van der Waals surface area contributed by atoms with Gasteiger partial charge >= 0.3 is 11.9 Å². The van der Waals surface area contributed by atoms with Crippen LogP contribution in [0.15, 0.2) is 36.4 Å². The zero-order valence-electron chi connectivity index (χ0n) is 19.2. The van der Waals surface area contributed by atoms with E-state index in [1.54, 1.807) is 36.4 Å². The molecule has 2 aromatic carbocycles. The number of carbonyl (C=O) groups is 2. The second kappa shape index (κ2) is 13.3. The lowest BCUT2D eigenvalue weighted by Crippen LogP contribution is -2.14. The molecule has 10 heteroatoms. The first-order valence-electron chi connectivity index (χ1n) is 10.7. The average molecular weight is 476 g/mol. The fourth-order valence-corrected chi connectivity index (χ4v) is 3.03. The number of methoxy groups -OCH3 is 2. The molecule has 0 saturated heterocycles. The van der Waals surface area contributed by atoms with Crippen molar-refractivity contribution in [3.63, 3.8) is 0 Å². The lowest BCUT2D eigenvalue weighted by atomic mass is 10.2. The predicted octanol–water partition coefficient (Wildman–Crippen LogP) is 2.52. The summed E-state index contributed by atoms with van der Waals surface area (Å²) in [5.41, 5.74) is 0.626. The van der Waals surface area contributed by atoms with Crippen LogP contribution in [0, 0.1) is 0 Å². The molecule has 0 spiro atoms. The number of carbonyl (C=O) groups excluding carboxylic acids is 2. The molecule has 0 aliphatic carbocycles. The summed E-state index contributed by atoms with van der Waals surface area (Å²) in [5.74, 6) is 0.819. The molecule has 1 aliphatic rings. The molecular weight excluding hydrogens is 448 g/mol. The third-order valence-corrected chi connectivity index (χ3v) is 4.59. The van der Waals surface area contributed by atoms with Crippen LogP contribution in [0.3, 0.4) is 0 Å². The van der Waals surface area contributed by atoms with E-state index in [1.165, 1.54) is 14.2 Å². The topological polar surface area (TPSA) is 108 Å². The van der Waals surface area contributed by atoms with E-state index >= 15 is 0 Å². The number of ether oxygens (including phenoxy) is 8. The molecule has 184 valence electrons. The first-order valence-corrected chi connectivity index (χ1v) is 10.7. The third-order valence-electron chi connectivity index (χ3n) is 4.59. The van der Waals surface area contributed by atoms with Crippen molar-refractivity contribution in [1.82, 2.24) is 0 Å². The van der Waals surface area contributed by atoms with Gasteiger partial charge in [-0.3, -0.25) is 0 Å². The van der Waals surface area contributed by atoms with Crippen molar-refractivity contribution in [2.45, 2.75) is 0 Å². The SMILES string of the molecule is COC(=O)c1cc2cc(c1)OCCOCCOc1cc(cc(C(=O)OC)c1)OCCOCCO2. The Morgan fingerprint density at radius 2 is 0.824 bits per heavy atom. The first kappa shape index (κ1) is 25.1. The number of esters is 2. The Morgan fingerprint density at radius 3 is 1.09 bits per heavy atom. The van der Waals surface area contributed by atoms with Crippen LogP contribution in [0.4, 0.5) is 0 Å². The lowest BCUT2D eigenvalue weighted by Gasteiger charge is -2.14. The number of benzene rings is 2. The quantitative estimate of drug-likeness (QED) is 0.600. The van der Waals surface area contributed by atoms with Gasteiger partial charge in [0.05, 0.1) is 51.8 Å². The van der Waals surface area contributed by atoms with E-state index < -0.39 is 11.9 Å². The van der Waals surface area contributed by atoms with Crippen molar-refractivity contribution in [3.05, 3.63) is 47.5 Å². The van der Waals surface area contributed by atoms with Crippen molar-refractivity contribution in [1.29, 1.82) is 0 Å². The minimum Gasteiger partial charge on any atom is -0.491 e. The summed E-state index contributed by atoms with van der Waals surface area (Å²) in [4.78, 5) is 23.9. The van der Waals surface area contributed by atoms with Gasteiger partial charge in [-0.1, -0.05) is 0 Å². The molecule has 0 amide bonds.